The molecule has 1 unspecified atom stereocenters. The lowest BCUT2D eigenvalue weighted by atomic mass is 10.3. The molecule has 2 rings (SSSR count). The number of halogens is 2. The van der Waals surface area contributed by atoms with E-state index in [1.807, 2.05) is 38.9 Å². The molecule has 4 nitrogen and oxygen atoms in total. The van der Waals surface area contributed by atoms with Crippen molar-refractivity contribution in [2.24, 2.45) is 0 Å². The Kier molecular flexibility index (Phi) is 6.85. The predicted octanol–water partition coefficient (Wildman–Crippen LogP) is 2.04. The second kappa shape index (κ2) is 7.90. The van der Waals surface area contributed by atoms with Crippen LogP contribution in [0.25, 0.3) is 0 Å². The second-order valence-electron chi connectivity index (χ2n) is 5.00. The van der Waals surface area contributed by atoms with Gasteiger partial charge in [0.1, 0.15) is 0 Å². The second-order valence-corrected chi connectivity index (χ2v) is 5.00. The lowest BCUT2D eigenvalue weighted by molar-refractivity contribution is -0.0993. The maximum Gasteiger partial charge on any atom is 0.279 e. The van der Waals surface area contributed by atoms with Gasteiger partial charge in [0.05, 0.1) is 26.3 Å². The summed E-state index contributed by atoms with van der Waals surface area (Å²) < 4.78 is 33.1. The van der Waals surface area contributed by atoms with Crippen LogP contribution in [0.2, 0.25) is 0 Å². The molecule has 2 aliphatic rings. The normalized spacial score (nSPS) is 24.7. The number of nitrogens with zero attached hydrogens (tertiary/aromatic N) is 3. The molecule has 0 N–H and O–H groups in total. The first kappa shape index (κ1) is 17.3. The minimum Gasteiger partial charge on any atom is -0.379 e. The van der Waals surface area contributed by atoms with Gasteiger partial charge in [-0.1, -0.05) is 13.8 Å². The highest BCUT2D eigenvalue weighted by molar-refractivity contribution is 4.98. The van der Waals surface area contributed by atoms with Crippen LogP contribution in [-0.2, 0) is 4.74 Å². The van der Waals surface area contributed by atoms with Crippen molar-refractivity contribution in [3.63, 3.8) is 0 Å². The first-order chi connectivity index (χ1) is 9.48. The summed E-state index contributed by atoms with van der Waals surface area (Å²) in [7, 11) is 1.83. The van der Waals surface area contributed by atoms with E-state index in [2.05, 4.69) is 0 Å². The number of hydrazine groups is 1. The fraction of sp³-hybridized carbons (Fsp3) is 0.857. The van der Waals surface area contributed by atoms with Gasteiger partial charge in [-0.15, -0.1) is 0 Å². The smallest absolute Gasteiger partial charge is 0.279 e. The first-order valence-corrected chi connectivity index (χ1v) is 7.33. The van der Waals surface area contributed by atoms with Crippen LogP contribution < -0.4 is 0 Å². The van der Waals surface area contributed by atoms with Gasteiger partial charge in [-0.3, -0.25) is 4.90 Å². The summed E-state index contributed by atoms with van der Waals surface area (Å²) >= 11 is 0. The van der Waals surface area contributed by atoms with Crippen LogP contribution in [-0.4, -0.2) is 73.3 Å². The molecule has 118 valence electrons. The molecule has 0 bridgehead atoms. The van der Waals surface area contributed by atoms with E-state index in [-0.39, 0.29) is 19.1 Å². The van der Waals surface area contributed by atoms with Crippen molar-refractivity contribution in [2.45, 2.75) is 32.7 Å². The van der Waals surface area contributed by atoms with Gasteiger partial charge >= 0.3 is 0 Å². The molecule has 1 saturated heterocycles. The molecule has 0 saturated carbocycles. The lowest BCUT2D eigenvalue weighted by Gasteiger charge is -2.35. The van der Waals surface area contributed by atoms with Crippen molar-refractivity contribution in [3.8, 4) is 0 Å². The fourth-order valence-corrected chi connectivity index (χ4v) is 2.23. The van der Waals surface area contributed by atoms with Gasteiger partial charge in [0.2, 0.25) is 0 Å². The molecule has 2 heterocycles. The fourth-order valence-electron chi connectivity index (χ4n) is 2.23. The average molecular weight is 291 g/mol. The third kappa shape index (κ3) is 5.00. The molecule has 20 heavy (non-hydrogen) atoms. The molecule has 0 amide bonds. The molecular formula is C14H27F2N3O. The Morgan fingerprint density at radius 3 is 2.30 bits per heavy atom. The van der Waals surface area contributed by atoms with E-state index in [1.165, 1.54) is 0 Å². The molecule has 1 atom stereocenters. The molecule has 1 fully saturated rings. The number of morpholine rings is 1. The Morgan fingerprint density at radius 1 is 1.20 bits per heavy atom. The maximum absolute atomic E-state index is 14.0. The molecular weight excluding hydrogens is 264 g/mol. The van der Waals surface area contributed by atoms with E-state index < -0.39 is 5.92 Å². The van der Waals surface area contributed by atoms with Crippen LogP contribution in [0.15, 0.2) is 12.3 Å². The average Bonchev–Trinajstić information content (AvgIpc) is 2.73. The van der Waals surface area contributed by atoms with Crippen LogP contribution in [0.4, 0.5) is 8.78 Å². The zero-order valence-corrected chi connectivity index (χ0v) is 13.0. The van der Waals surface area contributed by atoms with Crippen molar-refractivity contribution in [1.82, 2.24) is 14.9 Å². The van der Waals surface area contributed by atoms with Gasteiger partial charge in [-0.2, -0.15) is 0 Å². The monoisotopic (exact) mass is 291 g/mol. The first-order valence-electron chi connectivity index (χ1n) is 7.33. The van der Waals surface area contributed by atoms with Crippen molar-refractivity contribution in [2.75, 3.05) is 46.4 Å². The standard InChI is InChI=1S/C12H21F2N3O.C2H6/c1-11-3-4-17(15(11)2)10-12(13,14)9-16-5-7-18-8-6-16;1-2/h3-4,11H,5-10H2,1-2H3;1-2H3. The molecule has 0 spiro atoms. The number of ether oxygens (including phenoxy) is 1. The predicted molar refractivity (Wildman–Crippen MR) is 76.6 cm³/mol. The zero-order valence-electron chi connectivity index (χ0n) is 13.0. The molecule has 0 aromatic heterocycles. The summed E-state index contributed by atoms with van der Waals surface area (Å²) in [6.07, 6.45) is 3.66. The number of rotatable bonds is 4. The van der Waals surface area contributed by atoms with Gasteiger partial charge in [-0.25, -0.2) is 13.8 Å². The largest absolute Gasteiger partial charge is 0.379 e. The third-order valence-electron chi connectivity index (χ3n) is 3.48. The van der Waals surface area contributed by atoms with Gasteiger partial charge < -0.3 is 9.75 Å². The Bertz CT molecular complexity index is 307. The highest BCUT2D eigenvalue weighted by Crippen LogP contribution is 2.22. The Morgan fingerprint density at radius 2 is 1.80 bits per heavy atom. The Hall–Kier alpha value is -0.720. The summed E-state index contributed by atoms with van der Waals surface area (Å²) in [6.45, 7) is 7.82. The van der Waals surface area contributed by atoms with Crippen LogP contribution in [0.1, 0.15) is 20.8 Å². The summed E-state index contributed by atoms with van der Waals surface area (Å²) in [5, 5.41) is 3.42. The van der Waals surface area contributed by atoms with Crippen molar-refractivity contribution < 1.29 is 13.5 Å². The lowest BCUT2D eigenvalue weighted by Crippen LogP contribution is -2.50. The molecule has 0 aromatic rings. The number of hydrogen-bond donors (Lipinski definition) is 0. The van der Waals surface area contributed by atoms with E-state index in [4.69, 9.17) is 4.74 Å². The number of alkyl halides is 2. The SMILES string of the molecule is CC.CC1C=CN(CC(F)(F)CN2CCOCC2)N1C. The highest BCUT2D eigenvalue weighted by Gasteiger charge is 2.36. The quantitative estimate of drug-likeness (QED) is 0.789. The van der Waals surface area contributed by atoms with Crippen molar-refractivity contribution in [3.05, 3.63) is 12.3 Å². The minimum atomic E-state index is -2.71. The number of hydrogen-bond acceptors (Lipinski definition) is 4. The van der Waals surface area contributed by atoms with Crippen LogP contribution >= 0.6 is 0 Å². The molecule has 0 radical (unpaired) electrons. The molecule has 0 aromatic carbocycles. The summed E-state index contributed by atoms with van der Waals surface area (Å²) in [4.78, 5) is 1.77. The zero-order chi connectivity index (χ0) is 15.2. The van der Waals surface area contributed by atoms with Gasteiger partial charge in [0.25, 0.3) is 5.92 Å². The highest BCUT2D eigenvalue weighted by atomic mass is 19.3. The van der Waals surface area contributed by atoms with E-state index in [0.717, 1.165) is 0 Å². The van der Waals surface area contributed by atoms with E-state index >= 15 is 0 Å². The molecule has 0 aliphatic carbocycles. The molecule has 6 heteroatoms. The van der Waals surface area contributed by atoms with Crippen LogP contribution in [0.3, 0.4) is 0 Å². The van der Waals surface area contributed by atoms with Crippen LogP contribution in [0.5, 0.6) is 0 Å². The van der Waals surface area contributed by atoms with Gasteiger partial charge in [0, 0.05) is 32.4 Å². The third-order valence-corrected chi connectivity index (χ3v) is 3.48. The Balaban J connectivity index is 0.000000956. The van der Waals surface area contributed by atoms with E-state index in [1.54, 1.807) is 16.1 Å². The summed E-state index contributed by atoms with van der Waals surface area (Å²) in [5.74, 6) is -2.71. The summed E-state index contributed by atoms with van der Waals surface area (Å²) in [5.41, 5.74) is 0. The van der Waals surface area contributed by atoms with Crippen molar-refractivity contribution in [1.29, 1.82) is 0 Å². The Labute approximate surface area is 120 Å². The van der Waals surface area contributed by atoms with Crippen molar-refractivity contribution >= 4 is 0 Å². The molecule has 2 aliphatic heterocycles. The number of likely N-dealkylation sites (N-methyl/N-ethyl adjacent to an activating group) is 1. The minimum absolute atomic E-state index is 0.184. The maximum atomic E-state index is 14.0. The van der Waals surface area contributed by atoms with E-state index in [9.17, 15) is 8.78 Å². The van der Waals surface area contributed by atoms with Crippen LogP contribution in [0, 0.1) is 0 Å². The van der Waals surface area contributed by atoms with Gasteiger partial charge in [0.15, 0.2) is 0 Å². The van der Waals surface area contributed by atoms with E-state index in [0.29, 0.717) is 26.3 Å². The van der Waals surface area contributed by atoms with Gasteiger partial charge in [-0.05, 0) is 13.0 Å². The summed E-state index contributed by atoms with van der Waals surface area (Å²) in [6, 6.07) is 0.184. The topological polar surface area (TPSA) is 19.0 Å².